The molecule has 0 heteroatoms. The molecule has 0 heterocycles. The molecular weight excluding hydrogens is 180 g/mol. The van der Waals surface area contributed by atoms with Crippen molar-refractivity contribution in [3.63, 3.8) is 0 Å². The minimum Gasteiger partial charge on any atom is -0.0651 e. The van der Waals surface area contributed by atoms with E-state index in [4.69, 9.17) is 0 Å². The quantitative estimate of drug-likeness (QED) is 0.549. The SMILES string of the molecule is CCC(CCC(C)C)C1(CC)CCCC1. The van der Waals surface area contributed by atoms with Gasteiger partial charge in [0.15, 0.2) is 0 Å². The van der Waals surface area contributed by atoms with Crippen molar-refractivity contribution in [1.82, 2.24) is 0 Å². The van der Waals surface area contributed by atoms with Gasteiger partial charge in [-0.1, -0.05) is 59.8 Å². The van der Waals surface area contributed by atoms with E-state index in [-0.39, 0.29) is 0 Å². The summed E-state index contributed by atoms with van der Waals surface area (Å²) in [5.41, 5.74) is 0.740. The molecule has 90 valence electrons. The zero-order valence-corrected chi connectivity index (χ0v) is 11.3. The van der Waals surface area contributed by atoms with Gasteiger partial charge in [0.25, 0.3) is 0 Å². The summed E-state index contributed by atoms with van der Waals surface area (Å²) in [6.07, 6.45) is 11.7. The third-order valence-electron chi connectivity index (χ3n) is 4.75. The van der Waals surface area contributed by atoms with Crippen LogP contribution in [0.4, 0.5) is 0 Å². The van der Waals surface area contributed by atoms with Crippen LogP contribution in [0.3, 0.4) is 0 Å². The molecule has 1 atom stereocenters. The summed E-state index contributed by atoms with van der Waals surface area (Å²) >= 11 is 0. The zero-order valence-electron chi connectivity index (χ0n) is 11.3. The minimum absolute atomic E-state index is 0.740. The van der Waals surface area contributed by atoms with Gasteiger partial charge in [0, 0.05) is 0 Å². The van der Waals surface area contributed by atoms with E-state index in [1.165, 1.54) is 51.4 Å². The standard InChI is InChI=1S/C15H30/c1-5-14(10-9-13(3)4)15(6-2)11-7-8-12-15/h13-14H,5-12H2,1-4H3. The highest BCUT2D eigenvalue weighted by atomic mass is 14.4. The lowest BCUT2D eigenvalue weighted by atomic mass is 9.68. The molecule has 0 radical (unpaired) electrons. The van der Waals surface area contributed by atoms with E-state index in [2.05, 4.69) is 27.7 Å². The number of rotatable bonds is 6. The Bertz CT molecular complexity index is 163. The largest absolute Gasteiger partial charge is 0.0651 e. The van der Waals surface area contributed by atoms with Crippen LogP contribution in [0.2, 0.25) is 0 Å². The second-order valence-corrected chi connectivity index (χ2v) is 6.00. The van der Waals surface area contributed by atoms with Crippen molar-refractivity contribution in [3.8, 4) is 0 Å². The first kappa shape index (κ1) is 13.1. The van der Waals surface area contributed by atoms with Crippen molar-refractivity contribution >= 4 is 0 Å². The Morgan fingerprint density at radius 2 is 1.60 bits per heavy atom. The van der Waals surface area contributed by atoms with Crippen molar-refractivity contribution < 1.29 is 0 Å². The number of hydrogen-bond donors (Lipinski definition) is 0. The molecule has 0 aromatic carbocycles. The Morgan fingerprint density at radius 3 is 2.00 bits per heavy atom. The van der Waals surface area contributed by atoms with Crippen molar-refractivity contribution in [2.75, 3.05) is 0 Å². The van der Waals surface area contributed by atoms with E-state index in [9.17, 15) is 0 Å². The first-order valence-corrected chi connectivity index (χ1v) is 7.14. The fourth-order valence-corrected chi connectivity index (χ4v) is 3.61. The Hall–Kier alpha value is 0. The fraction of sp³-hybridized carbons (Fsp3) is 1.00. The van der Waals surface area contributed by atoms with Gasteiger partial charge in [0.2, 0.25) is 0 Å². The first-order chi connectivity index (χ1) is 7.14. The molecule has 1 aliphatic carbocycles. The summed E-state index contributed by atoms with van der Waals surface area (Å²) in [4.78, 5) is 0. The van der Waals surface area contributed by atoms with Crippen LogP contribution in [-0.4, -0.2) is 0 Å². The van der Waals surface area contributed by atoms with Crippen LogP contribution in [0, 0.1) is 17.3 Å². The Labute approximate surface area is 96.8 Å². The maximum Gasteiger partial charge on any atom is -0.0272 e. The van der Waals surface area contributed by atoms with Gasteiger partial charge in [-0.25, -0.2) is 0 Å². The molecule has 1 aliphatic rings. The molecular formula is C15H30. The van der Waals surface area contributed by atoms with E-state index in [0.29, 0.717) is 0 Å². The van der Waals surface area contributed by atoms with Crippen LogP contribution < -0.4 is 0 Å². The van der Waals surface area contributed by atoms with Gasteiger partial charge in [0.05, 0.1) is 0 Å². The van der Waals surface area contributed by atoms with Crippen LogP contribution in [0.1, 0.15) is 79.1 Å². The van der Waals surface area contributed by atoms with Crippen LogP contribution in [0.5, 0.6) is 0 Å². The van der Waals surface area contributed by atoms with Gasteiger partial charge in [-0.05, 0) is 36.5 Å². The van der Waals surface area contributed by atoms with E-state index >= 15 is 0 Å². The molecule has 0 nitrogen and oxygen atoms in total. The van der Waals surface area contributed by atoms with Gasteiger partial charge in [-0.3, -0.25) is 0 Å². The summed E-state index contributed by atoms with van der Waals surface area (Å²) in [5.74, 6) is 1.89. The molecule has 1 saturated carbocycles. The third-order valence-corrected chi connectivity index (χ3v) is 4.75. The number of hydrogen-bond acceptors (Lipinski definition) is 0. The smallest absolute Gasteiger partial charge is 0.0272 e. The molecule has 0 aromatic rings. The minimum atomic E-state index is 0.740. The highest BCUT2D eigenvalue weighted by Crippen LogP contribution is 2.49. The van der Waals surface area contributed by atoms with Crippen LogP contribution in [0.25, 0.3) is 0 Å². The predicted molar refractivity (Wildman–Crippen MR) is 69.0 cm³/mol. The molecule has 0 amide bonds. The van der Waals surface area contributed by atoms with Gasteiger partial charge in [-0.15, -0.1) is 0 Å². The fourth-order valence-electron chi connectivity index (χ4n) is 3.61. The summed E-state index contributed by atoms with van der Waals surface area (Å²) in [6, 6.07) is 0. The highest BCUT2D eigenvalue weighted by Gasteiger charge is 2.38. The van der Waals surface area contributed by atoms with Crippen molar-refractivity contribution in [2.24, 2.45) is 17.3 Å². The summed E-state index contributed by atoms with van der Waals surface area (Å²) in [6.45, 7) is 9.55. The zero-order chi connectivity index (χ0) is 11.3. The summed E-state index contributed by atoms with van der Waals surface area (Å²) in [7, 11) is 0. The van der Waals surface area contributed by atoms with E-state index < -0.39 is 0 Å². The van der Waals surface area contributed by atoms with Crippen molar-refractivity contribution in [3.05, 3.63) is 0 Å². The average Bonchev–Trinajstić information content (AvgIpc) is 2.68. The first-order valence-electron chi connectivity index (χ1n) is 7.14. The molecule has 1 unspecified atom stereocenters. The molecule has 15 heavy (non-hydrogen) atoms. The summed E-state index contributed by atoms with van der Waals surface area (Å²) in [5, 5.41) is 0. The lowest BCUT2D eigenvalue weighted by Crippen LogP contribution is -2.27. The van der Waals surface area contributed by atoms with Gasteiger partial charge >= 0.3 is 0 Å². The molecule has 0 aliphatic heterocycles. The van der Waals surface area contributed by atoms with E-state index in [1.54, 1.807) is 0 Å². The monoisotopic (exact) mass is 210 g/mol. The second kappa shape index (κ2) is 5.92. The van der Waals surface area contributed by atoms with Gasteiger partial charge in [0.1, 0.15) is 0 Å². The highest BCUT2D eigenvalue weighted by molar-refractivity contribution is 4.89. The normalized spacial score (nSPS) is 22.2. The van der Waals surface area contributed by atoms with Crippen molar-refractivity contribution in [1.29, 1.82) is 0 Å². The van der Waals surface area contributed by atoms with E-state index in [0.717, 1.165) is 17.3 Å². The molecule has 0 N–H and O–H groups in total. The lowest BCUT2D eigenvalue weighted by Gasteiger charge is -2.37. The summed E-state index contributed by atoms with van der Waals surface area (Å²) < 4.78 is 0. The van der Waals surface area contributed by atoms with Crippen LogP contribution in [-0.2, 0) is 0 Å². The molecule has 1 rings (SSSR count). The molecule has 0 saturated heterocycles. The Balaban J connectivity index is 2.54. The van der Waals surface area contributed by atoms with E-state index in [1.807, 2.05) is 0 Å². The molecule has 0 spiro atoms. The van der Waals surface area contributed by atoms with Crippen LogP contribution in [0.15, 0.2) is 0 Å². The molecule has 1 fully saturated rings. The predicted octanol–water partition coefficient (Wildman–Crippen LogP) is 5.42. The van der Waals surface area contributed by atoms with Gasteiger partial charge in [-0.2, -0.15) is 0 Å². The Morgan fingerprint density at radius 1 is 1.00 bits per heavy atom. The second-order valence-electron chi connectivity index (χ2n) is 6.00. The van der Waals surface area contributed by atoms with Crippen molar-refractivity contribution in [2.45, 2.75) is 79.1 Å². The topological polar surface area (TPSA) is 0 Å². The Kier molecular flexibility index (Phi) is 5.15. The third kappa shape index (κ3) is 3.23. The van der Waals surface area contributed by atoms with Gasteiger partial charge < -0.3 is 0 Å². The lowest BCUT2D eigenvalue weighted by molar-refractivity contribution is 0.136. The molecule has 0 bridgehead atoms. The van der Waals surface area contributed by atoms with Crippen LogP contribution >= 0.6 is 0 Å². The maximum atomic E-state index is 2.42. The maximum absolute atomic E-state index is 2.42. The average molecular weight is 210 g/mol. The molecule has 0 aromatic heterocycles.